The van der Waals surface area contributed by atoms with Gasteiger partial charge in [-0.25, -0.2) is 0 Å². The van der Waals surface area contributed by atoms with Crippen LogP contribution in [0.5, 0.6) is 0 Å². The normalized spacial score (nSPS) is 40.4. The molecule has 5 heteroatoms. The van der Waals surface area contributed by atoms with E-state index in [1.165, 1.54) is 6.42 Å². The van der Waals surface area contributed by atoms with Gasteiger partial charge in [-0.05, 0) is 86.8 Å². The molecule has 7 atom stereocenters. The van der Waals surface area contributed by atoms with Crippen molar-refractivity contribution in [2.24, 2.45) is 34.5 Å². The molecule has 3 saturated carbocycles. The van der Waals surface area contributed by atoms with Crippen molar-refractivity contribution in [1.82, 2.24) is 4.90 Å². The van der Waals surface area contributed by atoms with Crippen molar-refractivity contribution in [3.05, 3.63) is 41.4 Å². The lowest BCUT2D eigenvalue weighted by atomic mass is 9.47. The molecule has 1 aromatic carbocycles. The van der Waals surface area contributed by atoms with Crippen molar-refractivity contribution in [2.75, 3.05) is 11.9 Å². The van der Waals surface area contributed by atoms with Gasteiger partial charge in [0.1, 0.15) is 0 Å². The van der Waals surface area contributed by atoms with Crippen LogP contribution >= 0.6 is 11.6 Å². The Morgan fingerprint density at radius 3 is 2.66 bits per heavy atom. The summed E-state index contributed by atoms with van der Waals surface area (Å²) in [4.78, 5) is 28.0. The van der Waals surface area contributed by atoms with Gasteiger partial charge in [-0.1, -0.05) is 43.7 Å². The molecule has 5 rings (SSSR count). The average molecular weight is 455 g/mol. The van der Waals surface area contributed by atoms with Crippen LogP contribution in [0.3, 0.4) is 0 Å². The van der Waals surface area contributed by atoms with E-state index >= 15 is 0 Å². The number of nitrogens with one attached hydrogen (secondary N) is 1. The molecule has 0 radical (unpaired) electrons. The zero-order valence-corrected chi connectivity index (χ0v) is 20.2. The number of carbonyl (C=O) groups excluding carboxylic acids is 2. The maximum atomic E-state index is 13.4. The van der Waals surface area contributed by atoms with E-state index in [0.29, 0.717) is 34.5 Å². The number of hydrogen-bond donors (Lipinski definition) is 1. The summed E-state index contributed by atoms with van der Waals surface area (Å²) in [7, 11) is 0. The molecule has 32 heavy (non-hydrogen) atoms. The van der Waals surface area contributed by atoms with Crippen LogP contribution < -0.4 is 5.32 Å². The van der Waals surface area contributed by atoms with Crippen molar-refractivity contribution in [1.29, 1.82) is 0 Å². The van der Waals surface area contributed by atoms with Crippen LogP contribution in [-0.4, -0.2) is 29.3 Å². The molecular formula is C27H35ClN2O2. The third-order valence-corrected chi connectivity index (χ3v) is 10.1. The summed E-state index contributed by atoms with van der Waals surface area (Å²) in [5.41, 5.74) is 0.796. The number of amides is 2. The highest BCUT2D eigenvalue weighted by Crippen LogP contribution is 2.65. The minimum atomic E-state index is 0.0332. The predicted octanol–water partition coefficient (Wildman–Crippen LogP) is 5.92. The van der Waals surface area contributed by atoms with Crippen LogP contribution in [0.2, 0.25) is 5.02 Å². The second kappa shape index (κ2) is 7.90. The van der Waals surface area contributed by atoms with E-state index in [4.69, 9.17) is 11.6 Å². The standard InChI is InChI=1S/C27H35ClN2O2/c1-4-30-23-12-9-17-18-10-11-20(25(32)29-22-8-6-5-7-21(22)28)26(18,2)15-13-19(17)27(23,3)16-14-24(30)31/h5-8,14,16-20,23H,4,9-13,15H2,1-3H3,(H,29,32)/t17-,18-,19+,20?,23?,26-,27+/m0/s1. The summed E-state index contributed by atoms with van der Waals surface area (Å²) >= 11 is 6.30. The van der Waals surface area contributed by atoms with Gasteiger partial charge in [0, 0.05) is 23.9 Å². The first-order valence-corrected chi connectivity index (χ1v) is 12.7. The monoisotopic (exact) mass is 454 g/mol. The molecule has 4 aliphatic rings. The lowest BCUT2D eigenvalue weighted by Crippen LogP contribution is -2.60. The number of rotatable bonds is 3. The first-order valence-electron chi connectivity index (χ1n) is 12.3. The van der Waals surface area contributed by atoms with E-state index in [-0.39, 0.29) is 28.6 Å². The highest BCUT2D eigenvalue weighted by molar-refractivity contribution is 6.33. The van der Waals surface area contributed by atoms with Crippen molar-refractivity contribution in [2.45, 2.75) is 65.3 Å². The molecule has 0 spiro atoms. The van der Waals surface area contributed by atoms with E-state index in [0.717, 1.165) is 38.6 Å². The highest BCUT2D eigenvalue weighted by Gasteiger charge is 2.61. The van der Waals surface area contributed by atoms with Gasteiger partial charge in [-0.2, -0.15) is 0 Å². The first kappa shape index (κ1) is 22.0. The van der Waals surface area contributed by atoms with Gasteiger partial charge < -0.3 is 10.2 Å². The van der Waals surface area contributed by atoms with E-state index < -0.39 is 0 Å². The van der Waals surface area contributed by atoms with Gasteiger partial charge in [0.25, 0.3) is 0 Å². The van der Waals surface area contributed by atoms with Crippen LogP contribution in [-0.2, 0) is 9.59 Å². The summed E-state index contributed by atoms with van der Waals surface area (Å²) < 4.78 is 0. The van der Waals surface area contributed by atoms with Crippen molar-refractivity contribution < 1.29 is 9.59 Å². The summed E-state index contributed by atoms with van der Waals surface area (Å²) in [6, 6.07) is 7.81. The molecule has 1 heterocycles. The zero-order chi connectivity index (χ0) is 22.7. The molecule has 1 aromatic rings. The smallest absolute Gasteiger partial charge is 0.246 e. The number of likely N-dealkylation sites (N-methyl/N-ethyl adjacent to an activating group) is 1. The molecule has 0 bridgehead atoms. The Morgan fingerprint density at radius 1 is 1.12 bits per heavy atom. The van der Waals surface area contributed by atoms with Crippen molar-refractivity contribution in [3.8, 4) is 0 Å². The highest BCUT2D eigenvalue weighted by atomic mass is 35.5. The molecule has 2 amide bonds. The summed E-state index contributed by atoms with van der Waals surface area (Å²) in [6.45, 7) is 7.64. The van der Waals surface area contributed by atoms with Gasteiger partial charge in [-0.15, -0.1) is 0 Å². The number of para-hydroxylation sites is 1. The Morgan fingerprint density at radius 2 is 1.91 bits per heavy atom. The van der Waals surface area contributed by atoms with Gasteiger partial charge >= 0.3 is 0 Å². The number of benzene rings is 1. The number of nitrogens with zero attached hydrogens (tertiary/aromatic N) is 1. The number of anilines is 1. The number of halogens is 1. The summed E-state index contributed by atoms with van der Waals surface area (Å²) in [5.74, 6) is 2.12. The van der Waals surface area contributed by atoms with Gasteiger partial charge in [0.15, 0.2) is 0 Å². The number of fused-ring (bicyclic) bond motifs is 5. The van der Waals surface area contributed by atoms with Gasteiger partial charge in [0.2, 0.25) is 11.8 Å². The second-order valence-electron chi connectivity index (χ2n) is 10.9. The zero-order valence-electron chi connectivity index (χ0n) is 19.4. The Bertz CT molecular complexity index is 961. The van der Waals surface area contributed by atoms with Gasteiger partial charge in [-0.3, -0.25) is 9.59 Å². The molecule has 1 aliphatic heterocycles. The molecule has 2 unspecified atom stereocenters. The maximum absolute atomic E-state index is 13.4. The topological polar surface area (TPSA) is 49.4 Å². The molecule has 1 N–H and O–H groups in total. The second-order valence-corrected chi connectivity index (χ2v) is 11.3. The molecule has 3 aliphatic carbocycles. The van der Waals surface area contributed by atoms with E-state index in [9.17, 15) is 9.59 Å². The fraction of sp³-hybridized carbons (Fsp3) is 0.630. The molecular weight excluding hydrogens is 420 g/mol. The predicted molar refractivity (Wildman–Crippen MR) is 128 cm³/mol. The molecule has 0 aromatic heterocycles. The number of hydrogen-bond acceptors (Lipinski definition) is 2. The minimum Gasteiger partial charge on any atom is -0.336 e. The summed E-state index contributed by atoms with van der Waals surface area (Å²) in [6.07, 6.45) is 10.6. The molecule has 3 fully saturated rings. The van der Waals surface area contributed by atoms with Crippen molar-refractivity contribution >= 4 is 29.1 Å². The third-order valence-electron chi connectivity index (χ3n) is 9.76. The lowest BCUT2D eigenvalue weighted by molar-refractivity contribution is -0.143. The SMILES string of the molecule is CCN1C(=O)C=C[C@@]2(C)C1CC[C@@H]1[C@H]2CC[C@]2(C)C(C(=O)Nc3ccccc3Cl)CC[C@@H]12. The average Bonchev–Trinajstić information content (AvgIpc) is 3.13. The maximum Gasteiger partial charge on any atom is 0.246 e. The van der Waals surface area contributed by atoms with Crippen LogP contribution in [0.25, 0.3) is 0 Å². The third kappa shape index (κ3) is 3.16. The van der Waals surface area contributed by atoms with Crippen molar-refractivity contribution in [3.63, 3.8) is 0 Å². The minimum absolute atomic E-state index is 0.0332. The quantitative estimate of drug-likeness (QED) is 0.615. The Balaban J connectivity index is 1.38. The Kier molecular flexibility index (Phi) is 5.43. The van der Waals surface area contributed by atoms with E-state index in [1.807, 2.05) is 30.3 Å². The summed E-state index contributed by atoms with van der Waals surface area (Å²) in [5, 5.41) is 3.72. The lowest BCUT2D eigenvalue weighted by Gasteiger charge is -2.60. The van der Waals surface area contributed by atoms with E-state index in [2.05, 4.69) is 37.1 Å². The Labute approximate surface area is 196 Å². The fourth-order valence-corrected chi connectivity index (χ4v) is 8.37. The fourth-order valence-electron chi connectivity index (χ4n) is 8.19. The number of carbonyl (C=O) groups is 2. The van der Waals surface area contributed by atoms with Gasteiger partial charge in [0.05, 0.1) is 10.7 Å². The van der Waals surface area contributed by atoms with Crippen LogP contribution in [0.1, 0.15) is 59.3 Å². The Hall–Kier alpha value is -1.81. The molecule has 172 valence electrons. The largest absolute Gasteiger partial charge is 0.336 e. The first-order chi connectivity index (χ1) is 15.3. The molecule has 0 saturated heterocycles. The molecule has 4 nitrogen and oxygen atoms in total. The van der Waals surface area contributed by atoms with Crippen LogP contribution in [0.4, 0.5) is 5.69 Å². The van der Waals surface area contributed by atoms with Crippen LogP contribution in [0.15, 0.2) is 36.4 Å². The van der Waals surface area contributed by atoms with Crippen LogP contribution in [0, 0.1) is 34.5 Å². The van der Waals surface area contributed by atoms with E-state index in [1.54, 1.807) is 0 Å².